The maximum Gasteiger partial charge on any atom is 0.152 e. The molecule has 1 aliphatic heterocycles. The van der Waals surface area contributed by atoms with Gasteiger partial charge in [0.25, 0.3) is 0 Å². The summed E-state index contributed by atoms with van der Waals surface area (Å²) in [5.41, 5.74) is 0.639. The maximum atomic E-state index is 11.3. The van der Waals surface area contributed by atoms with Crippen molar-refractivity contribution in [3.63, 3.8) is 0 Å². The fraction of sp³-hybridized carbons (Fsp3) is 0.364. The predicted molar refractivity (Wildman–Crippen MR) is 71.1 cm³/mol. The number of sulfone groups is 1. The van der Waals surface area contributed by atoms with Gasteiger partial charge in [-0.15, -0.1) is 0 Å². The Morgan fingerprint density at radius 1 is 1.29 bits per heavy atom. The Kier molecular flexibility index (Phi) is 3.76. The minimum atomic E-state index is -2.90. The molecule has 2 rings (SSSR count). The molecule has 1 aliphatic rings. The van der Waals surface area contributed by atoms with Crippen LogP contribution in [-0.2, 0) is 9.84 Å². The SMILES string of the molecule is O=S1(=O)CCC(N=Cc2c(Cl)cccc2Cl)C1. The largest absolute Gasteiger partial charge is 0.288 e. The lowest BCUT2D eigenvalue weighted by Gasteiger charge is -2.02. The topological polar surface area (TPSA) is 46.5 Å². The van der Waals surface area contributed by atoms with Crippen LogP contribution < -0.4 is 0 Å². The van der Waals surface area contributed by atoms with Crippen LogP contribution in [0.4, 0.5) is 0 Å². The van der Waals surface area contributed by atoms with Crippen molar-refractivity contribution in [1.82, 2.24) is 0 Å². The summed E-state index contributed by atoms with van der Waals surface area (Å²) in [6, 6.07) is 5.02. The number of hydrogen-bond donors (Lipinski definition) is 0. The van der Waals surface area contributed by atoms with Gasteiger partial charge in [0.05, 0.1) is 27.6 Å². The first-order valence-corrected chi connectivity index (χ1v) is 7.73. The minimum absolute atomic E-state index is 0.117. The summed E-state index contributed by atoms with van der Waals surface area (Å²) < 4.78 is 22.5. The second-order valence-electron chi connectivity index (χ2n) is 3.97. The summed E-state index contributed by atoms with van der Waals surface area (Å²) in [5.74, 6) is 0.330. The summed E-state index contributed by atoms with van der Waals surface area (Å²) in [6.07, 6.45) is 2.14. The van der Waals surface area contributed by atoms with E-state index in [0.29, 0.717) is 22.0 Å². The molecule has 17 heavy (non-hydrogen) atoms. The van der Waals surface area contributed by atoms with Crippen molar-refractivity contribution in [3.05, 3.63) is 33.8 Å². The van der Waals surface area contributed by atoms with Gasteiger partial charge < -0.3 is 0 Å². The fourth-order valence-electron chi connectivity index (χ4n) is 1.71. The molecule has 1 unspecified atom stereocenters. The molecule has 92 valence electrons. The van der Waals surface area contributed by atoms with Crippen LogP contribution in [0.15, 0.2) is 23.2 Å². The van der Waals surface area contributed by atoms with E-state index < -0.39 is 9.84 Å². The van der Waals surface area contributed by atoms with E-state index in [1.807, 2.05) is 0 Å². The molecule has 0 saturated carbocycles. The molecule has 1 atom stereocenters. The van der Waals surface area contributed by atoms with E-state index in [9.17, 15) is 8.42 Å². The fourth-order valence-corrected chi connectivity index (χ4v) is 3.84. The van der Waals surface area contributed by atoms with Crippen LogP contribution in [0.25, 0.3) is 0 Å². The van der Waals surface area contributed by atoms with Gasteiger partial charge in [-0.1, -0.05) is 29.3 Å². The number of halogens is 2. The van der Waals surface area contributed by atoms with Crippen LogP contribution in [0.3, 0.4) is 0 Å². The van der Waals surface area contributed by atoms with Gasteiger partial charge in [-0.2, -0.15) is 0 Å². The quantitative estimate of drug-likeness (QED) is 0.787. The van der Waals surface area contributed by atoms with E-state index in [2.05, 4.69) is 4.99 Å². The second kappa shape index (κ2) is 4.96. The van der Waals surface area contributed by atoms with Crippen molar-refractivity contribution >= 4 is 39.3 Å². The lowest BCUT2D eigenvalue weighted by atomic mass is 10.2. The average molecular weight is 292 g/mol. The van der Waals surface area contributed by atoms with Crippen LogP contribution >= 0.6 is 23.2 Å². The molecule has 0 spiro atoms. The molecule has 1 aromatic rings. The van der Waals surface area contributed by atoms with Crippen LogP contribution in [0, 0.1) is 0 Å². The minimum Gasteiger partial charge on any atom is -0.288 e. The Balaban J connectivity index is 2.17. The molecule has 0 aromatic heterocycles. The molecule has 3 nitrogen and oxygen atoms in total. The molecule has 0 bridgehead atoms. The van der Waals surface area contributed by atoms with Gasteiger partial charge >= 0.3 is 0 Å². The van der Waals surface area contributed by atoms with E-state index >= 15 is 0 Å². The smallest absolute Gasteiger partial charge is 0.152 e. The van der Waals surface area contributed by atoms with Gasteiger partial charge in [-0.3, -0.25) is 4.99 Å². The number of benzene rings is 1. The van der Waals surface area contributed by atoms with Crippen LogP contribution in [-0.4, -0.2) is 32.2 Å². The van der Waals surface area contributed by atoms with E-state index in [-0.39, 0.29) is 17.5 Å². The summed E-state index contributed by atoms with van der Waals surface area (Å²) in [4.78, 5) is 4.24. The highest BCUT2D eigenvalue weighted by Crippen LogP contribution is 2.23. The monoisotopic (exact) mass is 291 g/mol. The summed E-state index contributed by atoms with van der Waals surface area (Å²) in [5, 5.41) is 1.03. The maximum absolute atomic E-state index is 11.3. The molecular formula is C11H11Cl2NO2S. The molecule has 1 saturated heterocycles. The van der Waals surface area contributed by atoms with Gasteiger partial charge in [0, 0.05) is 11.8 Å². The summed E-state index contributed by atoms with van der Waals surface area (Å²) in [7, 11) is -2.90. The Bertz CT molecular complexity index is 534. The molecule has 0 aliphatic carbocycles. The standard InChI is InChI=1S/C11H11Cl2NO2S/c12-10-2-1-3-11(13)9(10)6-14-8-4-5-17(15,16)7-8/h1-3,6,8H,4-5,7H2. The molecular weight excluding hydrogens is 281 g/mol. The lowest BCUT2D eigenvalue weighted by Crippen LogP contribution is -2.07. The predicted octanol–water partition coefficient (Wildman–Crippen LogP) is 2.60. The average Bonchev–Trinajstić information content (AvgIpc) is 2.57. The Morgan fingerprint density at radius 3 is 2.47 bits per heavy atom. The van der Waals surface area contributed by atoms with Crippen molar-refractivity contribution in [3.8, 4) is 0 Å². The lowest BCUT2D eigenvalue weighted by molar-refractivity contribution is 0.601. The molecule has 0 amide bonds. The normalized spacial score (nSPS) is 23.3. The zero-order valence-corrected chi connectivity index (χ0v) is 11.3. The summed E-state index contributed by atoms with van der Waals surface area (Å²) >= 11 is 12.0. The molecule has 1 heterocycles. The van der Waals surface area contributed by atoms with Gasteiger partial charge in [0.15, 0.2) is 9.84 Å². The Morgan fingerprint density at radius 2 is 1.94 bits per heavy atom. The highest BCUT2D eigenvalue weighted by Gasteiger charge is 2.26. The third kappa shape index (κ3) is 3.21. The third-order valence-electron chi connectivity index (χ3n) is 2.62. The van der Waals surface area contributed by atoms with Crippen molar-refractivity contribution < 1.29 is 8.42 Å². The zero-order valence-electron chi connectivity index (χ0n) is 8.94. The summed E-state index contributed by atoms with van der Waals surface area (Å²) in [6.45, 7) is 0. The van der Waals surface area contributed by atoms with Crippen molar-refractivity contribution in [2.24, 2.45) is 4.99 Å². The van der Waals surface area contributed by atoms with Gasteiger partial charge in [-0.05, 0) is 18.6 Å². The van der Waals surface area contributed by atoms with Crippen molar-refractivity contribution in [2.75, 3.05) is 11.5 Å². The van der Waals surface area contributed by atoms with Crippen LogP contribution in [0.2, 0.25) is 10.0 Å². The number of aliphatic imine (C=N–C) groups is 1. The first-order valence-electron chi connectivity index (χ1n) is 5.15. The van der Waals surface area contributed by atoms with Crippen molar-refractivity contribution in [2.45, 2.75) is 12.5 Å². The third-order valence-corrected chi connectivity index (χ3v) is 5.03. The highest BCUT2D eigenvalue weighted by molar-refractivity contribution is 7.91. The molecule has 0 radical (unpaired) electrons. The van der Waals surface area contributed by atoms with Crippen molar-refractivity contribution in [1.29, 1.82) is 0 Å². The van der Waals surface area contributed by atoms with E-state index in [1.54, 1.807) is 24.4 Å². The second-order valence-corrected chi connectivity index (χ2v) is 7.01. The molecule has 6 heteroatoms. The Labute approximate surface area is 110 Å². The van der Waals surface area contributed by atoms with Crippen LogP contribution in [0.5, 0.6) is 0 Å². The Hall–Kier alpha value is -0.580. The van der Waals surface area contributed by atoms with E-state index in [4.69, 9.17) is 23.2 Å². The molecule has 0 N–H and O–H groups in total. The zero-order chi connectivity index (χ0) is 12.5. The van der Waals surface area contributed by atoms with E-state index in [1.165, 1.54) is 0 Å². The molecule has 1 aromatic carbocycles. The van der Waals surface area contributed by atoms with Crippen LogP contribution in [0.1, 0.15) is 12.0 Å². The van der Waals surface area contributed by atoms with Gasteiger partial charge in [-0.25, -0.2) is 8.42 Å². The number of rotatable bonds is 2. The van der Waals surface area contributed by atoms with E-state index in [0.717, 1.165) is 0 Å². The first kappa shape index (κ1) is 12.9. The van der Waals surface area contributed by atoms with Gasteiger partial charge in [0.1, 0.15) is 0 Å². The first-order chi connectivity index (χ1) is 7.98. The molecule has 1 fully saturated rings. The number of hydrogen-bond acceptors (Lipinski definition) is 3. The number of nitrogens with zero attached hydrogens (tertiary/aromatic N) is 1. The highest BCUT2D eigenvalue weighted by atomic mass is 35.5. The van der Waals surface area contributed by atoms with Gasteiger partial charge in [0.2, 0.25) is 0 Å².